The topological polar surface area (TPSA) is 12.4 Å². The number of isothiocyanates is 1. The van der Waals surface area contributed by atoms with Gasteiger partial charge in [0.1, 0.15) is 0 Å². The Bertz CT molecular complexity index is 542. The highest BCUT2D eigenvalue weighted by Gasteiger charge is 2.30. The minimum Gasteiger partial charge on any atom is -0.195 e. The van der Waals surface area contributed by atoms with Crippen molar-refractivity contribution in [2.75, 3.05) is 0 Å². The van der Waals surface area contributed by atoms with Crippen molar-refractivity contribution in [1.29, 1.82) is 0 Å². The zero-order valence-corrected chi connectivity index (χ0v) is 15.9. The van der Waals surface area contributed by atoms with Gasteiger partial charge in [0, 0.05) is 0 Å². The van der Waals surface area contributed by atoms with Gasteiger partial charge in [0.25, 0.3) is 0 Å². The van der Waals surface area contributed by atoms with E-state index in [1.165, 1.54) is 69.8 Å². The Labute approximate surface area is 153 Å². The number of hydrogen-bond donors (Lipinski definition) is 0. The minimum atomic E-state index is 0.753. The molecule has 0 aliphatic heterocycles. The molecular weight excluding hydrogens is 310 g/mol. The molecule has 2 aliphatic carbocycles. The standard InChI is InChI=1S/C22H31NS/c1-2-3-17-4-6-18(7-5-17)19-8-10-20(11-9-19)21-12-14-22(15-13-21)23-16-24/h12-15,17-20H,2-11H2,1H3. The third-order valence-corrected chi connectivity index (χ3v) is 6.66. The summed E-state index contributed by atoms with van der Waals surface area (Å²) in [6.07, 6.45) is 14.5. The van der Waals surface area contributed by atoms with Crippen LogP contribution in [-0.4, -0.2) is 5.16 Å². The molecule has 0 radical (unpaired) electrons. The molecular formula is C22H31NS. The van der Waals surface area contributed by atoms with Crippen molar-refractivity contribution >= 4 is 23.1 Å². The highest BCUT2D eigenvalue weighted by Crippen LogP contribution is 2.44. The van der Waals surface area contributed by atoms with E-state index in [0.29, 0.717) is 0 Å². The van der Waals surface area contributed by atoms with Gasteiger partial charge in [0.15, 0.2) is 0 Å². The predicted octanol–water partition coefficient (Wildman–Crippen LogP) is 7.30. The Morgan fingerprint density at radius 3 is 2.04 bits per heavy atom. The van der Waals surface area contributed by atoms with Crippen molar-refractivity contribution in [1.82, 2.24) is 0 Å². The molecule has 0 aromatic heterocycles. The van der Waals surface area contributed by atoms with Crippen LogP contribution < -0.4 is 0 Å². The van der Waals surface area contributed by atoms with Gasteiger partial charge in [0.05, 0.1) is 10.8 Å². The molecule has 0 heterocycles. The maximum Gasteiger partial charge on any atom is 0.0739 e. The first kappa shape index (κ1) is 17.8. The molecule has 2 fully saturated rings. The first-order valence-electron chi connectivity index (χ1n) is 9.98. The summed E-state index contributed by atoms with van der Waals surface area (Å²) in [4.78, 5) is 4.05. The van der Waals surface area contributed by atoms with Gasteiger partial charge in [0.2, 0.25) is 0 Å². The molecule has 24 heavy (non-hydrogen) atoms. The Balaban J connectivity index is 1.48. The predicted molar refractivity (Wildman–Crippen MR) is 106 cm³/mol. The average molecular weight is 342 g/mol. The van der Waals surface area contributed by atoms with Gasteiger partial charge in [-0.25, -0.2) is 0 Å². The molecule has 2 heteroatoms. The van der Waals surface area contributed by atoms with Crippen molar-refractivity contribution in [2.45, 2.75) is 77.0 Å². The second kappa shape index (κ2) is 8.92. The van der Waals surface area contributed by atoms with Crippen molar-refractivity contribution in [3.05, 3.63) is 29.8 Å². The van der Waals surface area contributed by atoms with E-state index in [0.717, 1.165) is 29.4 Å². The molecule has 0 atom stereocenters. The third kappa shape index (κ3) is 4.55. The molecule has 0 saturated heterocycles. The lowest BCUT2D eigenvalue weighted by atomic mass is 9.68. The lowest BCUT2D eigenvalue weighted by Gasteiger charge is -2.38. The summed E-state index contributed by atoms with van der Waals surface area (Å²) < 4.78 is 0. The second-order valence-electron chi connectivity index (χ2n) is 7.98. The fourth-order valence-electron chi connectivity index (χ4n) is 5.15. The van der Waals surface area contributed by atoms with Gasteiger partial charge in [-0.15, -0.1) is 0 Å². The lowest BCUT2D eigenvalue weighted by molar-refractivity contribution is 0.156. The first-order chi connectivity index (χ1) is 11.8. The molecule has 0 unspecified atom stereocenters. The van der Waals surface area contributed by atoms with Gasteiger partial charge in [-0.1, -0.05) is 44.7 Å². The number of thiocarbonyl (C=S) groups is 1. The number of rotatable bonds is 5. The quantitative estimate of drug-likeness (QED) is 0.404. The maximum absolute atomic E-state index is 4.67. The van der Waals surface area contributed by atoms with Crippen molar-refractivity contribution in [3.8, 4) is 0 Å². The Kier molecular flexibility index (Phi) is 6.63. The largest absolute Gasteiger partial charge is 0.195 e. The van der Waals surface area contributed by atoms with Crippen LogP contribution in [0, 0.1) is 17.8 Å². The summed E-state index contributed by atoms with van der Waals surface area (Å²) in [5.41, 5.74) is 2.41. The molecule has 0 bridgehead atoms. The van der Waals surface area contributed by atoms with Crippen LogP contribution in [0.4, 0.5) is 5.69 Å². The maximum atomic E-state index is 4.67. The van der Waals surface area contributed by atoms with Crippen LogP contribution in [0.5, 0.6) is 0 Å². The van der Waals surface area contributed by atoms with Gasteiger partial charge in [-0.3, -0.25) is 0 Å². The summed E-state index contributed by atoms with van der Waals surface area (Å²) in [5.74, 6) is 3.82. The van der Waals surface area contributed by atoms with Crippen LogP contribution in [0.3, 0.4) is 0 Å². The lowest BCUT2D eigenvalue weighted by Crippen LogP contribution is -2.25. The summed E-state index contributed by atoms with van der Waals surface area (Å²) in [7, 11) is 0. The van der Waals surface area contributed by atoms with Gasteiger partial charge in [-0.05, 0) is 92.1 Å². The smallest absolute Gasteiger partial charge is 0.0739 e. The van der Waals surface area contributed by atoms with Gasteiger partial charge in [-0.2, -0.15) is 4.99 Å². The molecule has 0 amide bonds. The van der Waals surface area contributed by atoms with Crippen LogP contribution >= 0.6 is 12.2 Å². The SMILES string of the molecule is CCCC1CCC(C2CCC(c3ccc(N=C=S)cc3)CC2)CC1. The molecule has 1 aromatic carbocycles. The number of nitrogens with zero attached hydrogens (tertiary/aromatic N) is 1. The van der Waals surface area contributed by atoms with E-state index in [1.807, 2.05) is 0 Å². The normalized spacial score (nSPS) is 30.5. The molecule has 1 aromatic rings. The summed E-state index contributed by atoms with van der Waals surface area (Å²) in [6, 6.07) is 8.64. The van der Waals surface area contributed by atoms with E-state index in [-0.39, 0.29) is 0 Å². The third-order valence-electron chi connectivity index (χ3n) is 6.57. The molecule has 2 saturated carbocycles. The first-order valence-corrected chi connectivity index (χ1v) is 10.4. The van der Waals surface area contributed by atoms with Crippen molar-refractivity contribution < 1.29 is 0 Å². The van der Waals surface area contributed by atoms with E-state index in [1.54, 1.807) is 0 Å². The van der Waals surface area contributed by atoms with Crippen molar-refractivity contribution in [3.63, 3.8) is 0 Å². The number of aliphatic imine (C=N–C) groups is 1. The monoisotopic (exact) mass is 341 g/mol. The number of benzene rings is 1. The zero-order valence-electron chi connectivity index (χ0n) is 15.0. The highest BCUT2D eigenvalue weighted by atomic mass is 32.1. The van der Waals surface area contributed by atoms with E-state index >= 15 is 0 Å². The van der Waals surface area contributed by atoms with Crippen LogP contribution in [0.2, 0.25) is 0 Å². The molecule has 3 rings (SSSR count). The average Bonchev–Trinajstić information content (AvgIpc) is 2.64. The van der Waals surface area contributed by atoms with Gasteiger partial charge >= 0.3 is 0 Å². The summed E-state index contributed by atoms with van der Waals surface area (Å²) in [6.45, 7) is 2.33. The van der Waals surface area contributed by atoms with E-state index in [4.69, 9.17) is 0 Å². The minimum absolute atomic E-state index is 0.753. The van der Waals surface area contributed by atoms with Crippen LogP contribution in [-0.2, 0) is 0 Å². The Morgan fingerprint density at radius 2 is 1.50 bits per heavy atom. The summed E-state index contributed by atoms with van der Waals surface area (Å²) >= 11 is 4.67. The fourth-order valence-corrected chi connectivity index (χ4v) is 5.26. The molecule has 130 valence electrons. The van der Waals surface area contributed by atoms with Crippen LogP contribution in [0.1, 0.15) is 82.6 Å². The second-order valence-corrected chi connectivity index (χ2v) is 8.16. The Hall–Kier alpha value is -0.980. The number of hydrogen-bond acceptors (Lipinski definition) is 2. The van der Waals surface area contributed by atoms with Crippen LogP contribution in [0.15, 0.2) is 29.3 Å². The van der Waals surface area contributed by atoms with E-state index in [2.05, 4.69) is 53.6 Å². The molecule has 0 N–H and O–H groups in total. The highest BCUT2D eigenvalue weighted by molar-refractivity contribution is 7.78. The zero-order chi connectivity index (χ0) is 16.8. The fraction of sp³-hybridized carbons (Fsp3) is 0.682. The Morgan fingerprint density at radius 1 is 0.917 bits per heavy atom. The van der Waals surface area contributed by atoms with Crippen LogP contribution in [0.25, 0.3) is 0 Å². The van der Waals surface area contributed by atoms with Crippen molar-refractivity contribution in [2.24, 2.45) is 22.7 Å². The summed E-state index contributed by atoms with van der Waals surface area (Å²) in [5, 5.41) is 2.44. The van der Waals surface area contributed by atoms with Gasteiger partial charge < -0.3 is 0 Å². The molecule has 1 nitrogen and oxygen atoms in total. The van der Waals surface area contributed by atoms with E-state index in [9.17, 15) is 0 Å². The van der Waals surface area contributed by atoms with E-state index < -0.39 is 0 Å². The molecule has 2 aliphatic rings. The molecule has 0 spiro atoms.